The topological polar surface area (TPSA) is 37.6 Å². The molecule has 0 aliphatic carbocycles. The summed E-state index contributed by atoms with van der Waals surface area (Å²) >= 11 is 12.0. The van der Waals surface area contributed by atoms with Crippen LogP contribution in [0.4, 0.5) is 10.1 Å². The number of aromatic nitrogens is 1. The molecule has 3 nitrogen and oxygen atoms in total. The molecule has 0 saturated heterocycles. The van der Waals surface area contributed by atoms with E-state index in [0.717, 1.165) is 0 Å². The summed E-state index contributed by atoms with van der Waals surface area (Å²) in [5.74, 6) is 0.00197. The molecular formula is C20H14Cl2FN3. The van der Waals surface area contributed by atoms with E-state index >= 15 is 0 Å². The largest absolute Gasteiger partial charge is 0.264 e. The molecule has 0 saturated carbocycles. The van der Waals surface area contributed by atoms with E-state index in [9.17, 15) is 4.39 Å². The van der Waals surface area contributed by atoms with Gasteiger partial charge < -0.3 is 0 Å². The van der Waals surface area contributed by atoms with Crippen LogP contribution in [0.3, 0.4) is 0 Å². The Balaban J connectivity index is 2.06. The lowest BCUT2D eigenvalue weighted by Gasteiger charge is -2.10. The van der Waals surface area contributed by atoms with Crippen molar-refractivity contribution in [1.29, 1.82) is 0 Å². The maximum Gasteiger partial charge on any atom is 0.160 e. The molecule has 3 rings (SSSR count). The van der Waals surface area contributed by atoms with E-state index < -0.39 is 0 Å². The standard InChI is InChI=1S/C20H14Cl2FN3/c1-12-18(26-20(24-2)14-4-3-9-25-11-14)8-6-15(19(12)23)13-5-7-16(21)17(22)10-13/h3-11H,2H2,1H3. The fourth-order valence-electron chi connectivity index (χ4n) is 2.48. The van der Waals surface area contributed by atoms with Crippen LogP contribution >= 0.6 is 23.2 Å². The average Bonchev–Trinajstić information content (AvgIpc) is 2.66. The summed E-state index contributed by atoms with van der Waals surface area (Å²) in [6.07, 6.45) is 3.28. The first-order chi connectivity index (χ1) is 12.5. The fourth-order valence-corrected chi connectivity index (χ4v) is 2.78. The van der Waals surface area contributed by atoms with Crippen molar-refractivity contribution in [3.63, 3.8) is 0 Å². The predicted octanol–water partition coefficient (Wildman–Crippen LogP) is 6.28. The normalized spacial score (nSPS) is 11.5. The van der Waals surface area contributed by atoms with Gasteiger partial charge in [-0.25, -0.2) is 14.4 Å². The minimum absolute atomic E-state index is 0.373. The lowest BCUT2D eigenvalue weighted by Crippen LogP contribution is -1.97. The number of benzene rings is 2. The zero-order valence-corrected chi connectivity index (χ0v) is 15.4. The first kappa shape index (κ1) is 18.2. The number of halogens is 3. The van der Waals surface area contributed by atoms with Crippen molar-refractivity contribution in [2.45, 2.75) is 6.92 Å². The zero-order chi connectivity index (χ0) is 18.7. The number of rotatable bonds is 3. The van der Waals surface area contributed by atoms with E-state index in [4.69, 9.17) is 23.2 Å². The molecule has 0 aliphatic heterocycles. The summed E-state index contributed by atoms with van der Waals surface area (Å²) in [5.41, 5.74) is 2.64. The van der Waals surface area contributed by atoms with Gasteiger partial charge in [-0.2, -0.15) is 0 Å². The average molecular weight is 386 g/mol. The van der Waals surface area contributed by atoms with Crippen LogP contribution in [0, 0.1) is 12.7 Å². The summed E-state index contributed by atoms with van der Waals surface area (Å²) < 4.78 is 14.9. The van der Waals surface area contributed by atoms with Gasteiger partial charge >= 0.3 is 0 Å². The molecule has 0 spiro atoms. The lowest BCUT2D eigenvalue weighted by molar-refractivity contribution is 0.622. The maximum absolute atomic E-state index is 14.9. The SMILES string of the molecule is C=NC(=Nc1ccc(-c2ccc(Cl)c(Cl)c2)c(F)c1C)c1cccnc1. The summed E-state index contributed by atoms with van der Waals surface area (Å²) in [5, 5.41) is 0.796. The molecule has 0 radical (unpaired) electrons. The summed E-state index contributed by atoms with van der Waals surface area (Å²) in [7, 11) is 0. The van der Waals surface area contributed by atoms with Crippen LogP contribution in [-0.2, 0) is 0 Å². The van der Waals surface area contributed by atoms with Crippen LogP contribution in [0.1, 0.15) is 11.1 Å². The van der Waals surface area contributed by atoms with Gasteiger partial charge in [-0.3, -0.25) is 4.98 Å². The predicted molar refractivity (Wildman–Crippen MR) is 107 cm³/mol. The molecular weight excluding hydrogens is 372 g/mol. The Morgan fingerprint density at radius 2 is 1.92 bits per heavy atom. The number of aliphatic imine (C=N–C) groups is 2. The second kappa shape index (κ2) is 7.77. The maximum atomic E-state index is 14.9. The van der Waals surface area contributed by atoms with Crippen LogP contribution in [-0.4, -0.2) is 17.5 Å². The lowest BCUT2D eigenvalue weighted by atomic mass is 10.0. The zero-order valence-electron chi connectivity index (χ0n) is 13.9. The highest BCUT2D eigenvalue weighted by Crippen LogP contribution is 2.34. The molecule has 0 aliphatic rings. The minimum atomic E-state index is -0.376. The van der Waals surface area contributed by atoms with Gasteiger partial charge in [0.05, 0.1) is 15.7 Å². The smallest absolute Gasteiger partial charge is 0.160 e. The molecule has 0 fully saturated rings. The molecule has 1 heterocycles. The van der Waals surface area contributed by atoms with Gasteiger partial charge in [-0.15, -0.1) is 0 Å². The van der Waals surface area contributed by atoms with E-state index in [2.05, 4.69) is 21.7 Å². The molecule has 0 unspecified atom stereocenters. The Morgan fingerprint density at radius 1 is 1.12 bits per heavy atom. The molecule has 0 bridgehead atoms. The molecule has 0 N–H and O–H groups in total. The van der Waals surface area contributed by atoms with E-state index in [1.165, 1.54) is 0 Å². The quantitative estimate of drug-likeness (QED) is 0.386. The van der Waals surface area contributed by atoms with E-state index in [1.807, 2.05) is 6.07 Å². The highest BCUT2D eigenvalue weighted by molar-refractivity contribution is 6.42. The van der Waals surface area contributed by atoms with Crippen molar-refractivity contribution < 1.29 is 4.39 Å². The minimum Gasteiger partial charge on any atom is -0.264 e. The Morgan fingerprint density at radius 3 is 2.58 bits per heavy atom. The van der Waals surface area contributed by atoms with Crippen LogP contribution in [0.15, 0.2) is 64.8 Å². The summed E-state index contributed by atoms with van der Waals surface area (Å²) in [6, 6.07) is 12.0. The van der Waals surface area contributed by atoms with Gasteiger partial charge in [0.25, 0.3) is 0 Å². The number of nitrogens with zero attached hydrogens (tertiary/aromatic N) is 3. The Kier molecular flexibility index (Phi) is 5.45. The number of pyridine rings is 1. The molecule has 2 aromatic carbocycles. The van der Waals surface area contributed by atoms with Crippen molar-refractivity contribution in [1.82, 2.24) is 4.98 Å². The van der Waals surface area contributed by atoms with Crippen LogP contribution in [0.5, 0.6) is 0 Å². The van der Waals surface area contributed by atoms with E-state index in [1.54, 1.807) is 55.7 Å². The monoisotopic (exact) mass is 385 g/mol. The van der Waals surface area contributed by atoms with Crippen molar-refractivity contribution in [2.75, 3.05) is 0 Å². The fraction of sp³-hybridized carbons (Fsp3) is 0.0500. The van der Waals surface area contributed by atoms with Gasteiger partial charge in [-0.05, 0) is 55.6 Å². The van der Waals surface area contributed by atoms with Crippen molar-refractivity contribution in [2.24, 2.45) is 9.98 Å². The highest BCUT2D eigenvalue weighted by Gasteiger charge is 2.13. The highest BCUT2D eigenvalue weighted by atomic mass is 35.5. The second-order valence-corrected chi connectivity index (χ2v) is 6.35. The molecule has 3 aromatic rings. The van der Waals surface area contributed by atoms with Crippen LogP contribution in [0.2, 0.25) is 10.0 Å². The van der Waals surface area contributed by atoms with E-state index in [-0.39, 0.29) is 5.82 Å². The third-order valence-corrected chi connectivity index (χ3v) is 4.62. The Labute approximate surface area is 160 Å². The van der Waals surface area contributed by atoms with Gasteiger partial charge in [0.1, 0.15) is 5.82 Å². The first-order valence-corrected chi connectivity index (χ1v) is 8.47. The van der Waals surface area contributed by atoms with Crippen LogP contribution in [0.25, 0.3) is 11.1 Å². The molecule has 130 valence electrons. The van der Waals surface area contributed by atoms with Gasteiger partial charge in [-0.1, -0.05) is 29.3 Å². The Bertz CT molecular complexity index is 1000. The number of amidine groups is 1. The summed E-state index contributed by atoms with van der Waals surface area (Å²) in [6.45, 7) is 5.21. The molecule has 6 heteroatoms. The molecule has 0 atom stereocenters. The van der Waals surface area contributed by atoms with Gasteiger partial charge in [0.15, 0.2) is 5.84 Å². The second-order valence-electron chi connectivity index (χ2n) is 5.54. The molecule has 1 aromatic heterocycles. The van der Waals surface area contributed by atoms with Gasteiger partial charge in [0, 0.05) is 29.1 Å². The first-order valence-electron chi connectivity index (χ1n) is 7.71. The van der Waals surface area contributed by atoms with Crippen molar-refractivity contribution in [3.05, 3.63) is 81.8 Å². The van der Waals surface area contributed by atoms with Crippen LogP contribution < -0.4 is 0 Å². The number of hydrogen-bond acceptors (Lipinski definition) is 2. The molecule has 0 amide bonds. The third-order valence-electron chi connectivity index (χ3n) is 3.88. The number of hydrogen-bond donors (Lipinski definition) is 0. The third kappa shape index (κ3) is 3.66. The van der Waals surface area contributed by atoms with Crippen molar-refractivity contribution in [3.8, 4) is 11.1 Å². The van der Waals surface area contributed by atoms with Gasteiger partial charge in [0.2, 0.25) is 0 Å². The molecule has 26 heavy (non-hydrogen) atoms. The summed E-state index contributed by atoms with van der Waals surface area (Å²) in [4.78, 5) is 12.4. The van der Waals surface area contributed by atoms with E-state index in [0.29, 0.717) is 43.8 Å². The van der Waals surface area contributed by atoms with Crippen molar-refractivity contribution >= 4 is 41.4 Å². The Hall–Kier alpha value is -2.56.